The number of carbonyl (C=O) groups excluding carboxylic acids is 3. The van der Waals surface area contributed by atoms with Crippen LogP contribution >= 0.6 is 0 Å². The molecule has 4 rings (SSSR count). The third-order valence-electron chi connectivity index (χ3n) is 9.68. The molecule has 0 aromatic heterocycles. The monoisotopic (exact) mass is 470 g/mol. The van der Waals surface area contributed by atoms with Gasteiger partial charge in [-0.2, -0.15) is 0 Å². The predicted octanol–water partition coefficient (Wildman–Crippen LogP) is 6.27. The maximum atomic E-state index is 13.9. The lowest BCUT2D eigenvalue weighted by molar-refractivity contribution is -0.144. The molecule has 4 aliphatic carbocycles. The number of hydrogen-bond acceptors (Lipinski definition) is 3. The van der Waals surface area contributed by atoms with Gasteiger partial charge in [0.15, 0.2) is 5.78 Å². The molecule has 5 heteroatoms. The van der Waals surface area contributed by atoms with E-state index < -0.39 is 23.0 Å². The van der Waals surface area contributed by atoms with E-state index in [1.165, 1.54) is 49.0 Å². The molecule has 0 bridgehead atoms. The highest BCUT2D eigenvalue weighted by Gasteiger charge is 2.58. The van der Waals surface area contributed by atoms with Crippen molar-refractivity contribution in [2.45, 2.75) is 118 Å². The summed E-state index contributed by atoms with van der Waals surface area (Å²) in [5.41, 5.74) is 0.412. The Labute approximate surface area is 206 Å². The van der Waals surface area contributed by atoms with Crippen LogP contribution < -0.4 is 5.32 Å². The highest BCUT2D eigenvalue weighted by Crippen LogP contribution is 2.65. The molecule has 1 unspecified atom stereocenters. The van der Waals surface area contributed by atoms with Crippen molar-refractivity contribution < 1.29 is 14.4 Å². The first kappa shape index (κ1) is 25.4. The van der Waals surface area contributed by atoms with Crippen LogP contribution in [0.5, 0.6) is 0 Å². The SMILES string of the molecule is CC(C)(C)NC(=O)N(C(=O)C1C[C@@]2(C)C(=CC1=O)CC[C@@H]1[C@H]2CC[C@]2(C)CCC[C@@H]12)C(C)(C)C. The first-order valence-electron chi connectivity index (χ1n) is 13.5. The van der Waals surface area contributed by atoms with Crippen molar-refractivity contribution in [3.05, 3.63) is 11.6 Å². The summed E-state index contributed by atoms with van der Waals surface area (Å²) in [6, 6.07) is -0.418. The molecule has 3 amide bonds. The molecule has 5 nitrogen and oxygen atoms in total. The van der Waals surface area contributed by atoms with E-state index in [-0.39, 0.29) is 17.1 Å². The number of urea groups is 1. The van der Waals surface area contributed by atoms with Crippen molar-refractivity contribution in [3.8, 4) is 0 Å². The van der Waals surface area contributed by atoms with Crippen molar-refractivity contribution in [1.82, 2.24) is 10.2 Å². The molecule has 0 heterocycles. The normalized spacial score (nSPS) is 37.8. The molecular formula is C29H46N2O3. The van der Waals surface area contributed by atoms with Crippen molar-refractivity contribution in [2.75, 3.05) is 0 Å². The Bertz CT molecular complexity index is 907. The van der Waals surface area contributed by atoms with Gasteiger partial charge in [0.1, 0.15) is 5.92 Å². The van der Waals surface area contributed by atoms with E-state index >= 15 is 0 Å². The average Bonchev–Trinajstić information content (AvgIpc) is 3.07. The summed E-state index contributed by atoms with van der Waals surface area (Å²) < 4.78 is 0. The molecule has 190 valence electrons. The summed E-state index contributed by atoms with van der Waals surface area (Å²) in [6.45, 7) is 16.1. The zero-order valence-electron chi connectivity index (χ0n) is 22.7. The van der Waals surface area contributed by atoms with Crippen LogP contribution in [0.25, 0.3) is 0 Å². The van der Waals surface area contributed by atoms with Crippen LogP contribution in [0.4, 0.5) is 4.79 Å². The summed E-state index contributed by atoms with van der Waals surface area (Å²) in [6.07, 6.45) is 11.0. The van der Waals surface area contributed by atoms with Crippen LogP contribution in [0, 0.1) is 34.5 Å². The Morgan fingerprint density at radius 2 is 1.68 bits per heavy atom. The van der Waals surface area contributed by atoms with Gasteiger partial charge in [0.2, 0.25) is 5.91 Å². The fraction of sp³-hybridized carbons (Fsp3) is 0.828. The van der Waals surface area contributed by atoms with Crippen LogP contribution in [-0.4, -0.2) is 33.7 Å². The van der Waals surface area contributed by atoms with E-state index in [2.05, 4.69) is 19.2 Å². The minimum Gasteiger partial charge on any atom is -0.333 e. The Hall–Kier alpha value is -1.65. The lowest BCUT2D eigenvalue weighted by Gasteiger charge is -2.58. The van der Waals surface area contributed by atoms with Crippen LogP contribution in [0.3, 0.4) is 0 Å². The van der Waals surface area contributed by atoms with Crippen molar-refractivity contribution in [3.63, 3.8) is 0 Å². The number of fused-ring (bicyclic) bond motifs is 5. The smallest absolute Gasteiger partial charge is 0.325 e. The molecule has 0 aromatic rings. The molecule has 34 heavy (non-hydrogen) atoms. The van der Waals surface area contributed by atoms with Gasteiger partial charge in [0.25, 0.3) is 0 Å². The highest BCUT2D eigenvalue weighted by molar-refractivity contribution is 6.11. The quantitative estimate of drug-likeness (QED) is 0.459. The topological polar surface area (TPSA) is 66.5 Å². The first-order valence-corrected chi connectivity index (χ1v) is 13.5. The number of rotatable bonds is 1. The zero-order valence-corrected chi connectivity index (χ0v) is 22.7. The fourth-order valence-electron chi connectivity index (χ4n) is 8.11. The molecule has 0 aromatic carbocycles. The Balaban J connectivity index is 1.64. The van der Waals surface area contributed by atoms with Gasteiger partial charge in [-0.15, -0.1) is 0 Å². The van der Waals surface area contributed by atoms with Gasteiger partial charge in [0.05, 0.1) is 0 Å². The maximum absolute atomic E-state index is 13.9. The van der Waals surface area contributed by atoms with Crippen molar-refractivity contribution in [1.29, 1.82) is 0 Å². The van der Waals surface area contributed by atoms with Gasteiger partial charge in [0, 0.05) is 11.1 Å². The molecule has 6 atom stereocenters. The van der Waals surface area contributed by atoms with Gasteiger partial charge in [-0.05, 0) is 121 Å². The number of hydrogen-bond donors (Lipinski definition) is 1. The molecule has 0 aliphatic heterocycles. The second-order valence-electron chi connectivity index (χ2n) is 14.3. The number of imide groups is 1. The Morgan fingerprint density at radius 1 is 1.00 bits per heavy atom. The van der Waals surface area contributed by atoms with E-state index in [0.717, 1.165) is 12.3 Å². The van der Waals surface area contributed by atoms with Gasteiger partial charge in [-0.3, -0.25) is 14.5 Å². The molecular weight excluding hydrogens is 424 g/mol. The van der Waals surface area contributed by atoms with Crippen LogP contribution in [0.15, 0.2) is 11.6 Å². The summed E-state index contributed by atoms with van der Waals surface area (Å²) in [5, 5.41) is 2.94. The molecule has 0 spiro atoms. The second-order valence-corrected chi connectivity index (χ2v) is 14.3. The molecule has 0 saturated heterocycles. The molecule has 3 saturated carbocycles. The highest BCUT2D eigenvalue weighted by atomic mass is 16.2. The third-order valence-corrected chi connectivity index (χ3v) is 9.68. The summed E-state index contributed by atoms with van der Waals surface area (Å²) in [7, 11) is 0. The van der Waals surface area contributed by atoms with Gasteiger partial charge in [-0.25, -0.2) is 4.79 Å². The minimum absolute atomic E-state index is 0.116. The Kier molecular flexibility index (Phi) is 6.13. The van der Waals surface area contributed by atoms with Gasteiger partial charge < -0.3 is 5.32 Å². The molecule has 3 fully saturated rings. The standard InChI is InChI=1S/C29H46N2O3/c1-26(2,3)30-25(34)31(27(4,5)6)24(33)20-17-29(8)18(16-23(20)32)11-12-19-21-10-9-14-28(21,7)15-13-22(19)29/h16,19-22H,9-15,17H2,1-8H3,(H,30,34)/t19-,20?,21-,22+,28-,29-/m0/s1. The first-order chi connectivity index (χ1) is 15.6. The number of allylic oxidation sites excluding steroid dienone is 1. The minimum atomic E-state index is -0.783. The van der Waals surface area contributed by atoms with E-state index in [9.17, 15) is 14.4 Å². The summed E-state index contributed by atoms with van der Waals surface area (Å²) >= 11 is 0. The molecule has 0 radical (unpaired) electrons. The number of ketones is 1. The van der Waals surface area contributed by atoms with E-state index in [4.69, 9.17) is 0 Å². The van der Waals surface area contributed by atoms with Crippen molar-refractivity contribution >= 4 is 17.7 Å². The van der Waals surface area contributed by atoms with Crippen LogP contribution in [-0.2, 0) is 9.59 Å². The lowest BCUT2D eigenvalue weighted by Crippen LogP contribution is -2.60. The second kappa shape index (κ2) is 8.20. The average molecular weight is 471 g/mol. The van der Waals surface area contributed by atoms with E-state index in [0.29, 0.717) is 23.7 Å². The maximum Gasteiger partial charge on any atom is 0.325 e. The Morgan fingerprint density at radius 3 is 2.29 bits per heavy atom. The number of carbonyl (C=O) groups is 3. The van der Waals surface area contributed by atoms with Gasteiger partial charge in [-0.1, -0.05) is 25.8 Å². The zero-order chi connectivity index (χ0) is 25.3. The third kappa shape index (κ3) is 4.26. The van der Waals surface area contributed by atoms with E-state index in [1.54, 1.807) is 6.08 Å². The van der Waals surface area contributed by atoms with Gasteiger partial charge >= 0.3 is 6.03 Å². The summed E-state index contributed by atoms with van der Waals surface area (Å²) in [4.78, 5) is 41.7. The summed E-state index contributed by atoms with van der Waals surface area (Å²) in [5.74, 6) is 0.748. The largest absolute Gasteiger partial charge is 0.333 e. The molecule has 1 N–H and O–H groups in total. The fourth-order valence-corrected chi connectivity index (χ4v) is 8.11. The number of amides is 3. The van der Waals surface area contributed by atoms with Crippen LogP contribution in [0.1, 0.15) is 107 Å². The number of nitrogens with one attached hydrogen (secondary N) is 1. The molecule has 4 aliphatic rings. The predicted molar refractivity (Wildman–Crippen MR) is 135 cm³/mol. The van der Waals surface area contributed by atoms with E-state index in [1.807, 2.05) is 41.5 Å². The number of nitrogens with zero attached hydrogens (tertiary/aromatic N) is 1. The van der Waals surface area contributed by atoms with Crippen molar-refractivity contribution in [2.24, 2.45) is 34.5 Å². The lowest BCUT2D eigenvalue weighted by atomic mass is 9.47. The van der Waals surface area contributed by atoms with Crippen LogP contribution in [0.2, 0.25) is 0 Å².